The van der Waals surface area contributed by atoms with Crippen molar-refractivity contribution in [2.45, 2.75) is 33.2 Å². The average molecular weight is 516 g/mol. The molecule has 0 bridgehead atoms. The number of nitrogens with zero attached hydrogens (tertiary/aromatic N) is 3. The molecule has 1 aromatic rings. The maximum Gasteiger partial charge on any atom is 0.193 e. The van der Waals surface area contributed by atoms with Gasteiger partial charge in [0.15, 0.2) is 5.96 Å². The number of guanidine groups is 1. The molecule has 1 aromatic carbocycles. The van der Waals surface area contributed by atoms with E-state index in [1.165, 1.54) is 18.4 Å². The van der Waals surface area contributed by atoms with Crippen LogP contribution in [0.2, 0.25) is 0 Å². The number of benzene rings is 1. The zero-order chi connectivity index (χ0) is 19.8. The van der Waals surface area contributed by atoms with E-state index in [2.05, 4.69) is 52.2 Å². The Kier molecular flexibility index (Phi) is 9.98. The van der Waals surface area contributed by atoms with Crippen molar-refractivity contribution in [2.24, 2.45) is 10.4 Å². The lowest BCUT2D eigenvalue weighted by Crippen LogP contribution is -2.41. The number of rotatable bonds is 8. The zero-order valence-electron chi connectivity index (χ0n) is 18.2. The van der Waals surface area contributed by atoms with E-state index in [-0.39, 0.29) is 24.0 Å². The van der Waals surface area contributed by atoms with Crippen LogP contribution in [-0.2, 0) is 11.3 Å². The Balaban J connectivity index is 0.00000300. The van der Waals surface area contributed by atoms with Gasteiger partial charge in [-0.2, -0.15) is 0 Å². The van der Waals surface area contributed by atoms with Crippen LogP contribution in [0.15, 0.2) is 29.3 Å². The summed E-state index contributed by atoms with van der Waals surface area (Å²) in [5.74, 6) is 1.93. The Morgan fingerprint density at radius 3 is 2.76 bits per heavy atom. The fourth-order valence-electron chi connectivity index (χ4n) is 4.21. The third-order valence-electron chi connectivity index (χ3n) is 6.10. The molecule has 0 radical (unpaired) electrons. The molecular formula is C22H37IN4O2. The molecule has 1 unspecified atom stereocenters. The highest BCUT2D eigenvalue weighted by molar-refractivity contribution is 14.0. The first-order valence-corrected chi connectivity index (χ1v) is 10.7. The number of likely N-dealkylation sites (N-methyl/N-ethyl adjacent to an activating group) is 1. The molecule has 164 valence electrons. The van der Waals surface area contributed by atoms with Gasteiger partial charge in [0.2, 0.25) is 0 Å². The van der Waals surface area contributed by atoms with E-state index in [0.29, 0.717) is 18.6 Å². The Morgan fingerprint density at radius 2 is 2.07 bits per heavy atom. The monoisotopic (exact) mass is 516 g/mol. The second-order valence-electron chi connectivity index (χ2n) is 7.86. The van der Waals surface area contributed by atoms with Crippen molar-refractivity contribution in [3.63, 3.8) is 0 Å². The minimum Gasteiger partial charge on any atom is -0.492 e. The summed E-state index contributed by atoms with van der Waals surface area (Å²) in [6, 6.07) is 8.29. The van der Waals surface area contributed by atoms with Gasteiger partial charge >= 0.3 is 0 Å². The van der Waals surface area contributed by atoms with Crippen LogP contribution < -0.4 is 10.1 Å². The predicted octanol–water partition coefficient (Wildman–Crippen LogP) is 3.21. The lowest BCUT2D eigenvalue weighted by Gasteiger charge is -2.25. The third-order valence-corrected chi connectivity index (χ3v) is 6.10. The quantitative estimate of drug-likeness (QED) is 0.327. The largest absolute Gasteiger partial charge is 0.492 e. The Bertz CT molecular complexity index is 645. The van der Waals surface area contributed by atoms with E-state index < -0.39 is 0 Å². The first-order chi connectivity index (χ1) is 13.7. The maximum absolute atomic E-state index is 6.09. The van der Waals surface area contributed by atoms with E-state index >= 15 is 0 Å². The summed E-state index contributed by atoms with van der Waals surface area (Å²) in [5.41, 5.74) is 1.50. The smallest absolute Gasteiger partial charge is 0.193 e. The number of nitrogens with one attached hydrogen (secondary N) is 1. The highest BCUT2D eigenvalue weighted by Gasteiger charge is 2.42. The van der Waals surface area contributed by atoms with Gasteiger partial charge in [0.25, 0.3) is 0 Å². The minimum absolute atomic E-state index is 0. The van der Waals surface area contributed by atoms with Crippen LogP contribution in [0.25, 0.3) is 0 Å². The number of ether oxygens (including phenoxy) is 2. The van der Waals surface area contributed by atoms with Crippen LogP contribution in [0.4, 0.5) is 0 Å². The first kappa shape index (κ1) is 24.2. The summed E-state index contributed by atoms with van der Waals surface area (Å²) < 4.78 is 11.7. The summed E-state index contributed by atoms with van der Waals surface area (Å²) in [6.07, 6.45) is 2.36. The molecule has 6 nitrogen and oxygen atoms in total. The van der Waals surface area contributed by atoms with Gasteiger partial charge in [0.1, 0.15) is 12.4 Å². The molecule has 0 amide bonds. The standard InChI is InChI=1S/C22H36N4O2.HI/c1-4-25(5-2)13-15-28-20-9-7-6-8-19(20)16-24-21(23-3)26-12-10-22(17-26)11-14-27-18-22;/h6-9H,4-5,10-18H2,1-3H3,(H,23,24);1H. The number of aliphatic imine (C=N–C) groups is 1. The normalized spacial score (nSPS) is 21.7. The van der Waals surface area contributed by atoms with Crippen LogP contribution in [0.3, 0.4) is 0 Å². The van der Waals surface area contributed by atoms with Crippen LogP contribution in [0, 0.1) is 5.41 Å². The van der Waals surface area contributed by atoms with Crippen LogP contribution >= 0.6 is 24.0 Å². The molecule has 2 heterocycles. The van der Waals surface area contributed by atoms with Crippen molar-refractivity contribution in [3.05, 3.63) is 29.8 Å². The Morgan fingerprint density at radius 1 is 1.28 bits per heavy atom. The van der Waals surface area contributed by atoms with Gasteiger partial charge in [-0.1, -0.05) is 32.0 Å². The summed E-state index contributed by atoms with van der Waals surface area (Å²) in [5, 5.41) is 3.54. The molecule has 1 spiro atoms. The number of halogens is 1. The predicted molar refractivity (Wildman–Crippen MR) is 129 cm³/mol. The highest BCUT2D eigenvalue weighted by atomic mass is 127. The van der Waals surface area contributed by atoms with Gasteiger partial charge in [-0.05, 0) is 32.0 Å². The first-order valence-electron chi connectivity index (χ1n) is 10.7. The van der Waals surface area contributed by atoms with E-state index in [1.807, 2.05) is 13.1 Å². The van der Waals surface area contributed by atoms with E-state index in [0.717, 1.165) is 57.6 Å². The molecule has 0 aliphatic carbocycles. The Hall–Kier alpha value is -1.06. The third kappa shape index (κ3) is 6.46. The average Bonchev–Trinajstić information content (AvgIpc) is 3.37. The van der Waals surface area contributed by atoms with Crippen molar-refractivity contribution in [3.8, 4) is 5.75 Å². The molecule has 2 saturated heterocycles. The lowest BCUT2D eigenvalue weighted by atomic mass is 9.87. The summed E-state index contributed by atoms with van der Waals surface area (Å²) in [7, 11) is 1.87. The second kappa shape index (κ2) is 12.0. The van der Waals surface area contributed by atoms with Gasteiger partial charge in [-0.15, -0.1) is 24.0 Å². The van der Waals surface area contributed by atoms with Gasteiger partial charge in [-0.25, -0.2) is 0 Å². The van der Waals surface area contributed by atoms with Crippen LogP contribution in [0.5, 0.6) is 5.75 Å². The Labute approximate surface area is 193 Å². The molecule has 3 rings (SSSR count). The van der Waals surface area contributed by atoms with Crippen molar-refractivity contribution in [1.82, 2.24) is 15.1 Å². The summed E-state index contributed by atoms with van der Waals surface area (Å²) >= 11 is 0. The molecular weight excluding hydrogens is 479 g/mol. The van der Waals surface area contributed by atoms with Crippen molar-refractivity contribution >= 4 is 29.9 Å². The molecule has 0 aromatic heterocycles. The topological polar surface area (TPSA) is 49.3 Å². The SMILES string of the molecule is CCN(CC)CCOc1ccccc1CNC(=NC)N1CCC2(CCOC2)C1.I. The second-order valence-corrected chi connectivity index (χ2v) is 7.86. The maximum atomic E-state index is 6.09. The molecule has 7 heteroatoms. The summed E-state index contributed by atoms with van der Waals surface area (Å²) in [6.45, 7) is 12.7. The number of hydrogen-bond donors (Lipinski definition) is 1. The van der Waals surface area contributed by atoms with Crippen molar-refractivity contribution in [1.29, 1.82) is 0 Å². The van der Waals surface area contributed by atoms with Gasteiger partial charge in [-0.3, -0.25) is 4.99 Å². The van der Waals surface area contributed by atoms with E-state index in [1.54, 1.807) is 0 Å². The van der Waals surface area contributed by atoms with Gasteiger partial charge in [0.05, 0.1) is 6.61 Å². The van der Waals surface area contributed by atoms with Gasteiger partial charge in [0, 0.05) is 50.8 Å². The molecule has 1 atom stereocenters. The fraction of sp³-hybridized carbons (Fsp3) is 0.682. The van der Waals surface area contributed by atoms with E-state index in [9.17, 15) is 0 Å². The number of hydrogen-bond acceptors (Lipinski definition) is 4. The minimum atomic E-state index is 0. The van der Waals surface area contributed by atoms with Crippen molar-refractivity contribution in [2.75, 3.05) is 59.6 Å². The zero-order valence-corrected chi connectivity index (χ0v) is 20.5. The molecule has 2 aliphatic rings. The van der Waals surface area contributed by atoms with Crippen LogP contribution in [0.1, 0.15) is 32.3 Å². The van der Waals surface area contributed by atoms with E-state index in [4.69, 9.17) is 9.47 Å². The number of para-hydroxylation sites is 1. The molecule has 2 fully saturated rings. The van der Waals surface area contributed by atoms with Crippen molar-refractivity contribution < 1.29 is 9.47 Å². The van der Waals surface area contributed by atoms with Gasteiger partial charge < -0.3 is 24.6 Å². The van der Waals surface area contributed by atoms with Crippen LogP contribution in [-0.4, -0.2) is 75.4 Å². The molecule has 2 aliphatic heterocycles. The fourth-order valence-corrected chi connectivity index (χ4v) is 4.21. The summed E-state index contributed by atoms with van der Waals surface area (Å²) in [4.78, 5) is 9.27. The molecule has 0 saturated carbocycles. The number of likely N-dealkylation sites (tertiary alicyclic amines) is 1. The molecule has 29 heavy (non-hydrogen) atoms. The molecule has 1 N–H and O–H groups in total. The highest BCUT2D eigenvalue weighted by Crippen LogP contribution is 2.38. The lowest BCUT2D eigenvalue weighted by molar-refractivity contribution is 0.156.